The maximum atomic E-state index is 12.3. The molecule has 1 amide bonds. The van der Waals surface area contributed by atoms with E-state index in [2.05, 4.69) is 24.1 Å². The van der Waals surface area contributed by atoms with Crippen LogP contribution in [0.2, 0.25) is 0 Å². The van der Waals surface area contributed by atoms with Crippen LogP contribution in [0.5, 0.6) is 0 Å². The Morgan fingerprint density at radius 2 is 2.31 bits per heavy atom. The quantitative estimate of drug-likeness (QED) is 0.750. The molecule has 16 heavy (non-hydrogen) atoms. The van der Waals surface area contributed by atoms with Gasteiger partial charge in [-0.2, -0.15) is 0 Å². The number of amides is 1. The van der Waals surface area contributed by atoms with E-state index in [-0.39, 0.29) is 11.9 Å². The number of carbonyl (C=O) groups excluding carboxylic acids is 1. The van der Waals surface area contributed by atoms with Crippen molar-refractivity contribution in [3.63, 3.8) is 0 Å². The van der Waals surface area contributed by atoms with E-state index in [1.165, 1.54) is 0 Å². The van der Waals surface area contributed by atoms with Crippen molar-refractivity contribution >= 4 is 5.91 Å². The molecule has 0 aromatic carbocycles. The summed E-state index contributed by atoms with van der Waals surface area (Å²) in [5, 5.41) is 3.24. The van der Waals surface area contributed by atoms with E-state index in [9.17, 15) is 4.79 Å². The number of nitrogens with zero attached hydrogens (tertiary/aromatic N) is 1. The molecule has 4 heteroatoms. The van der Waals surface area contributed by atoms with Gasteiger partial charge in [-0.1, -0.05) is 13.8 Å². The average molecular weight is 226 g/mol. The van der Waals surface area contributed by atoms with Gasteiger partial charge in [-0.25, -0.2) is 0 Å². The molecule has 2 heterocycles. The zero-order valence-electron chi connectivity index (χ0n) is 10.2. The van der Waals surface area contributed by atoms with Crippen molar-refractivity contribution in [3.8, 4) is 0 Å². The molecule has 1 N–H and O–H groups in total. The van der Waals surface area contributed by atoms with Gasteiger partial charge in [0.1, 0.15) is 6.04 Å². The summed E-state index contributed by atoms with van der Waals surface area (Å²) in [5.74, 6) is 0.784. The normalized spacial score (nSPS) is 31.1. The molecule has 0 aromatic rings. The topological polar surface area (TPSA) is 41.6 Å². The van der Waals surface area contributed by atoms with Crippen molar-refractivity contribution in [1.82, 2.24) is 10.2 Å². The molecular weight excluding hydrogens is 204 g/mol. The lowest BCUT2D eigenvalue weighted by Crippen LogP contribution is -2.54. The molecule has 2 saturated heterocycles. The first-order valence-corrected chi connectivity index (χ1v) is 6.31. The molecule has 0 bridgehead atoms. The second kappa shape index (κ2) is 5.15. The molecule has 0 aliphatic carbocycles. The van der Waals surface area contributed by atoms with Crippen LogP contribution in [0.4, 0.5) is 0 Å². The van der Waals surface area contributed by atoms with Crippen LogP contribution >= 0.6 is 0 Å². The highest BCUT2D eigenvalue weighted by Gasteiger charge is 2.35. The molecule has 2 unspecified atom stereocenters. The van der Waals surface area contributed by atoms with Crippen molar-refractivity contribution in [2.45, 2.75) is 38.8 Å². The molecule has 2 rings (SSSR count). The van der Waals surface area contributed by atoms with Crippen LogP contribution in [0.3, 0.4) is 0 Å². The summed E-state index contributed by atoms with van der Waals surface area (Å²) < 4.78 is 5.35. The van der Waals surface area contributed by atoms with E-state index in [1.54, 1.807) is 0 Å². The molecule has 2 atom stereocenters. The maximum Gasteiger partial charge on any atom is 0.242 e. The monoisotopic (exact) mass is 226 g/mol. The Morgan fingerprint density at radius 1 is 1.50 bits per heavy atom. The van der Waals surface area contributed by atoms with Gasteiger partial charge in [0.15, 0.2) is 0 Å². The standard InChI is InChI=1S/C12H22N2O2/c1-9(2)11-4-3-6-14(11)12(15)10-8-16-7-5-13-10/h9-11,13H,3-8H2,1-2H3. The SMILES string of the molecule is CC(C)C1CCCN1C(=O)C1COCCN1. The van der Waals surface area contributed by atoms with Crippen LogP contribution in [0.1, 0.15) is 26.7 Å². The van der Waals surface area contributed by atoms with Gasteiger partial charge in [0.25, 0.3) is 0 Å². The number of hydrogen-bond acceptors (Lipinski definition) is 3. The summed E-state index contributed by atoms with van der Waals surface area (Å²) in [6.07, 6.45) is 2.29. The highest BCUT2D eigenvalue weighted by Crippen LogP contribution is 2.24. The fourth-order valence-electron chi connectivity index (χ4n) is 2.68. The first-order chi connectivity index (χ1) is 7.70. The second-order valence-electron chi connectivity index (χ2n) is 5.07. The molecule has 4 nitrogen and oxygen atoms in total. The molecule has 0 radical (unpaired) electrons. The van der Waals surface area contributed by atoms with Gasteiger partial charge in [0, 0.05) is 19.1 Å². The first-order valence-electron chi connectivity index (χ1n) is 6.31. The summed E-state index contributed by atoms with van der Waals surface area (Å²) in [5.41, 5.74) is 0. The zero-order chi connectivity index (χ0) is 11.5. The molecule has 2 aliphatic rings. The lowest BCUT2D eigenvalue weighted by molar-refractivity contribution is -0.137. The lowest BCUT2D eigenvalue weighted by Gasteiger charge is -2.32. The van der Waals surface area contributed by atoms with Crippen LogP contribution in [0.15, 0.2) is 0 Å². The predicted molar refractivity (Wildman–Crippen MR) is 62.2 cm³/mol. The zero-order valence-corrected chi connectivity index (χ0v) is 10.2. The first kappa shape index (κ1) is 11.9. The fourth-order valence-corrected chi connectivity index (χ4v) is 2.68. The largest absolute Gasteiger partial charge is 0.378 e. The minimum absolute atomic E-state index is 0.118. The summed E-state index contributed by atoms with van der Waals surface area (Å²) in [7, 11) is 0. The Hall–Kier alpha value is -0.610. The summed E-state index contributed by atoms with van der Waals surface area (Å²) in [4.78, 5) is 14.4. The number of carbonyl (C=O) groups is 1. The molecule has 0 saturated carbocycles. The number of hydrogen-bond donors (Lipinski definition) is 1. The van der Waals surface area contributed by atoms with E-state index in [0.29, 0.717) is 18.6 Å². The molecule has 2 fully saturated rings. The van der Waals surface area contributed by atoms with E-state index < -0.39 is 0 Å². The van der Waals surface area contributed by atoms with Crippen LogP contribution in [-0.2, 0) is 9.53 Å². The van der Waals surface area contributed by atoms with Crippen molar-refractivity contribution in [2.24, 2.45) is 5.92 Å². The van der Waals surface area contributed by atoms with Crippen molar-refractivity contribution in [1.29, 1.82) is 0 Å². The fraction of sp³-hybridized carbons (Fsp3) is 0.917. The molecule has 0 spiro atoms. The number of morpholine rings is 1. The minimum Gasteiger partial charge on any atom is -0.378 e. The van der Waals surface area contributed by atoms with Crippen molar-refractivity contribution in [3.05, 3.63) is 0 Å². The molecule has 2 aliphatic heterocycles. The Morgan fingerprint density at radius 3 is 2.94 bits per heavy atom. The number of ether oxygens (including phenoxy) is 1. The Labute approximate surface area is 97.3 Å². The number of rotatable bonds is 2. The third-order valence-electron chi connectivity index (χ3n) is 3.57. The Balaban J connectivity index is 1.97. The Kier molecular flexibility index (Phi) is 3.82. The van der Waals surface area contributed by atoms with Crippen LogP contribution in [0.25, 0.3) is 0 Å². The van der Waals surface area contributed by atoms with Gasteiger partial charge < -0.3 is 15.0 Å². The van der Waals surface area contributed by atoms with Gasteiger partial charge in [0.2, 0.25) is 5.91 Å². The van der Waals surface area contributed by atoms with Gasteiger partial charge in [0.05, 0.1) is 13.2 Å². The minimum atomic E-state index is -0.118. The molecular formula is C12H22N2O2. The van der Waals surface area contributed by atoms with Crippen molar-refractivity contribution < 1.29 is 9.53 Å². The second-order valence-corrected chi connectivity index (χ2v) is 5.07. The van der Waals surface area contributed by atoms with E-state index in [4.69, 9.17) is 4.74 Å². The predicted octanol–water partition coefficient (Wildman–Crippen LogP) is 0.622. The Bertz CT molecular complexity index is 249. The highest BCUT2D eigenvalue weighted by atomic mass is 16.5. The van der Waals surface area contributed by atoms with Crippen LogP contribution in [0, 0.1) is 5.92 Å². The third kappa shape index (κ3) is 2.38. The summed E-state index contributed by atoms with van der Waals surface area (Å²) >= 11 is 0. The lowest BCUT2D eigenvalue weighted by atomic mass is 10.0. The van der Waals surface area contributed by atoms with Crippen molar-refractivity contribution in [2.75, 3.05) is 26.3 Å². The number of nitrogens with one attached hydrogen (secondary N) is 1. The van der Waals surface area contributed by atoms with Crippen LogP contribution < -0.4 is 5.32 Å². The van der Waals surface area contributed by atoms with Gasteiger partial charge in [-0.05, 0) is 18.8 Å². The van der Waals surface area contributed by atoms with Gasteiger partial charge >= 0.3 is 0 Å². The summed E-state index contributed by atoms with van der Waals surface area (Å²) in [6, 6.07) is 0.310. The molecule has 0 aromatic heterocycles. The maximum absolute atomic E-state index is 12.3. The van der Waals surface area contributed by atoms with Gasteiger partial charge in [-0.15, -0.1) is 0 Å². The van der Waals surface area contributed by atoms with E-state index in [1.807, 2.05) is 0 Å². The van der Waals surface area contributed by atoms with E-state index >= 15 is 0 Å². The average Bonchev–Trinajstić information content (AvgIpc) is 2.78. The third-order valence-corrected chi connectivity index (χ3v) is 3.57. The smallest absolute Gasteiger partial charge is 0.242 e. The summed E-state index contributed by atoms with van der Waals surface area (Å²) in [6.45, 7) is 7.34. The van der Waals surface area contributed by atoms with E-state index in [0.717, 1.165) is 32.5 Å². The highest BCUT2D eigenvalue weighted by molar-refractivity contribution is 5.82. The number of likely N-dealkylation sites (tertiary alicyclic amines) is 1. The van der Waals surface area contributed by atoms with Crippen LogP contribution in [-0.4, -0.2) is 49.2 Å². The van der Waals surface area contributed by atoms with Gasteiger partial charge in [-0.3, -0.25) is 4.79 Å². The molecule has 92 valence electrons.